The molecule has 1 N–H and O–H groups in total. The molecule has 4 nitrogen and oxygen atoms in total. The second-order valence-electron chi connectivity index (χ2n) is 3.90. The molecule has 0 aliphatic rings. The quantitative estimate of drug-likeness (QED) is 0.680. The molecule has 0 bridgehead atoms. The van der Waals surface area contributed by atoms with Gasteiger partial charge in [-0.2, -0.15) is 0 Å². The molecule has 2 aromatic rings. The highest BCUT2D eigenvalue weighted by Gasteiger charge is 2.14. The van der Waals surface area contributed by atoms with Gasteiger partial charge in [0.2, 0.25) is 0 Å². The molecule has 0 saturated carbocycles. The lowest BCUT2D eigenvalue weighted by molar-refractivity contribution is -0.384. The Morgan fingerprint density at radius 3 is 2.74 bits per heavy atom. The van der Waals surface area contributed by atoms with Crippen molar-refractivity contribution in [1.82, 2.24) is 0 Å². The van der Waals surface area contributed by atoms with Crippen molar-refractivity contribution in [2.45, 2.75) is 6.54 Å². The highest BCUT2D eigenvalue weighted by atomic mass is 35.5. The smallest absolute Gasteiger partial charge is 0.295 e. The maximum atomic E-state index is 13.0. The fourth-order valence-corrected chi connectivity index (χ4v) is 1.86. The standard InChI is InChI=1S/C13H10ClFN2O2/c14-10-3-1-2-9(6-10)8-16-12-5-4-11(15)7-13(12)17(18)19/h1-7,16H,8H2. The highest BCUT2D eigenvalue weighted by Crippen LogP contribution is 2.25. The summed E-state index contributed by atoms with van der Waals surface area (Å²) >= 11 is 5.84. The molecule has 6 heteroatoms. The first-order valence-corrected chi connectivity index (χ1v) is 5.86. The van der Waals surface area contributed by atoms with Crippen LogP contribution in [0.4, 0.5) is 15.8 Å². The maximum absolute atomic E-state index is 13.0. The zero-order valence-electron chi connectivity index (χ0n) is 9.77. The van der Waals surface area contributed by atoms with E-state index in [4.69, 9.17) is 11.6 Å². The van der Waals surface area contributed by atoms with Gasteiger partial charge in [-0.3, -0.25) is 10.1 Å². The number of nitrogens with one attached hydrogen (secondary N) is 1. The van der Waals surface area contributed by atoms with Crippen LogP contribution in [-0.4, -0.2) is 4.92 Å². The van der Waals surface area contributed by atoms with E-state index in [1.165, 1.54) is 12.1 Å². The molecular weight excluding hydrogens is 271 g/mol. The number of halogens is 2. The molecule has 0 fully saturated rings. The first kappa shape index (κ1) is 13.3. The Morgan fingerprint density at radius 1 is 1.26 bits per heavy atom. The van der Waals surface area contributed by atoms with Crippen molar-refractivity contribution >= 4 is 23.0 Å². The van der Waals surface area contributed by atoms with Crippen LogP contribution in [0.25, 0.3) is 0 Å². The molecule has 0 aliphatic carbocycles. The normalized spacial score (nSPS) is 10.2. The second-order valence-corrected chi connectivity index (χ2v) is 4.34. The van der Waals surface area contributed by atoms with Crippen LogP contribution in [0.5, 0.6) is 0 Å². The Morgan fingerprint density at radius 2 is 2.05 bits per heavy atom. The number of hydrogen-bond donors (Lipinski definition) is 1. The number of anilines is 1. The topological polar surface area (TPSA) is 55.2 Å². The fraction of sp³-hybridized carbons (Fsp3) is 0.0769. The number of nitro benzene ring substituents is 1. The Bertz CT molecular complexity index is 619. The largest absolute Gasteiger partial charge is 0.375 e. The zero-order chi connectivity index (χ0) is 13.8. The van der Waals surface area contributed by atoms with Crippen molar-refractivity contribution in [3.8, 4) is 0 Å². The van der Waals surface area contributed by atoms with E-state index in [0.717, 1.165) is 11.6 Å². The van der Waals surface area contributed by atoms with E-state index in [-0.39, 0.29) is 11.4 Å². The van der Waals surface area contributed by atoms with Gasteiger partial charge in [0.05, 0.1) is 11.0 Å². The van der Waals surface area contributed by atoms with E-state index in [0.29, 0.717) is 11.6 Å². The molecule has 0 unspecified atom stereocenters. The Hall–Kier alpha value is -2.14. The van der Waals surface area contributed by atoms with Crippen molar-refractivity contribution in [3.05, 3.63) is 69.0 Å². The fourth-order valence-electron chi connectivity index (χ4n) is 1.65. The summed E-state index contributed by atoms with van der Waals surface area (Å²) in [4.78, 5) is 10.2. The molecule has 0 spiro atoms. The lowest BCUT2D eigenvalue weighted by Gasteiger charge is -2.07. The molecule has 98 valence electrons. The highest BCUT2D eigenvalue weighted by molar-refractivity contribution is 6.30. The molecule has 19 heavy (non-hydrogen) atoms. The van der Waals surface area contributed by atoms with Gasteiger partial charge >= 0.3 is 0 Å². The lowest BCUT2D eigenvalue weighted by atomic mass is 10.2. The second kappa shape index (κ2) is 5.67. The maximum Gasteiger partial charge on any atom is 0.295 e. The van der Waals surface area contributed by atoms with E-state index in [1.54, 1.807) is 18.2 Å². The molecular formula is C13H10ClFN2O2. The summed E-state index contributed by atoms with van der Waals surface area (Å²) in [6.07, 6.45) is 0. The monoisotopic (exact) mass is 280 g/mol. The van der Waals surface area contributed by atoms with Crippen LogP contribution in [0.3, 0.4) is 0 Å². The van der Waals surface area contributed by atoms with Crippen molar-refractivity contribution in [1.29, 1.82) is 0 Å². The van der Waals surface area contributed by atoms with Crippen LogP contribution in [0.1, 0.15) is 5.56 Å². The number of rotatable bonds is 4. The van der Waals surface area contributed by atoms with E-state index in [2.05, 4.69) is 5.32 Å². The Balaban J connectivity index is 2.17. The zero-order valence-corrected chi connectivity index (χ0v) is 10.5. The third kappa shape index (κ3) is 3.42. The summed E-state index contributed by atoms with van der Waals surface area (Å²) in [6, 6.07) is 10.5. The number of hydrogen-bond acceptors (Lipinski definition) is 3. The minimum Gasteiger partial charge on any atom is -0.375 e. The molecule has 0 aliphatic heterocycles. The van der Waals surface area contributed by atoms with Gasteiger partial charge in [-0.1, -0.05) is 23.7 Å². The van der Waals surface area contributed by atoms with Gasteiger partial charge in [0, 0.05) is 11.6 Å². The summed E-state index contributed by atoms with van der Waals surface area (Å²) in [7, 11) is 0. The summed E-state index contributed by atoms with van der Waals surface area (Å²) in [5.74, 6) is -0.639. The van der Waals surface area contributed by atoms with Crippen LogP contribution >= 0.6 is 11.6 Å². The van der Waals surface area contributed by atoms with Gasteiger partial charge in [0.15, 0.2) is 0 Å². The van der Waals surface area contributed by atoms with Crippen molar-refractivity contribution < 1.29 is 9.31 Å². The minimum atomic E-state index is -0.639. The van der Waals surface area contributed by atoms with Gasteiger partial charge in [-0.25, -0.2) is 4.39 Å². The first-order chi connectivity index (χ1) is 9.06. The van der Waals surface area contributed by atoms with Gasteiger partial charge in [-0.15, -0.1) is 0 Å². The van der Waals surface area contributed by atoms with Gasteiger partial charge in [0.25, 0.3) is 5.69 Å². The average molecular weight is 281 g/mol. The number of nitro groups is 1. The minimum absolute atomic E-state index is 0.270. The average Bonchev–Trinajstić information content (AvgIpc) is 2.37. The summed E-state index contributed by atoms with van der Waals surface area (Å²) in [6.45, 7) is 0.368. The predicted molar refractivity (Wildman–Crippen MR) is 71.8 cm³/mol. The van der Waals surface area contributed by atoms with Crippen molar-refractivity contribution in [2.24, 2.45) is 0 Å². The van der Waals surface area contributed by atoms with E-state index in [1.807, 2.05) is 6.07 Å². The lowest BCUT2D eigenvalue weighted by Crippen LogP contribution is -2.03. The van der Waals surface area contributed by atoms with Crippen molar-refractivity contribution in [3.63, 3.8) is 0 Å². The molecule has 0 radical (unpaired) electrons. The number of benzene rings is 2. The SMILES string of the molecule is O=[N+]([O-])c1cc(F)ccc1NCc1cccc(Cl)c1. The molecule has 0 amide bonds. The first-order valence-electron chi connectivity index (χ1n) is 5.48. The van der Waals surface area contributed by atoms with Crippen LogP contribution in [0, 0.1) is 15.9 Å². The molecule has 2 rings (SSSR count). The molecule has 0 aromatic heterocycles. The van der Waals surface area contributed by atoms with Gasteiger partial charge in [-0.05, 0) is 29.8 Å². The third-order valence-corrected chi connectivity index (χ3v) is 2.76. The summed E-state index contributed by atoms with van der Waals surface area (Å²) in [5.41, 5.74) is 0.861. The van der Waals surface area contributed by atoms with Crippen LogP contribution < -0.4 is 5.32 Å². The van der Waals surface area contributed by atoms with Gasteiger partial charge < -0.3 is 5.32 Å². The van der Waals surface area contributed by atoms with Crippen LogP contribution in [0.15, 0.2) is 42.5 Å². The van der Waals surface area contributed by atoms with Crippen LogP contribution in [-0.2, 0) is 6.54 Å². The van der Waals surface area contributed by atoms with Gasteiger partial charge in [0.1, 0.15) is 11.5 Å². The van der Waals surface area contributed by atoms with E-state index >= 15 is 0 Å². The number of nitrogens with zero attached hydrogens (tertiary/aromatic N) is 1. The molecule has 0 heterocycles. The third-order valence-electron chi connectivity index (χ3n) is 2.53. The molecule has 0 saturated heterocycles. The molecule has 2 aromatic carbocycles. The summed E-state index contributed by atoms with van der Waals surface area (Å²) < 4.78 is 13.0. The van der Waals surface area contributed by atoms with E-state index < -0.39 is 10.7 Å². The predicted octanol–water partition coefficient (Wildman–Crippen LogP) is 4.00. The summed E-state index contributed by atoms with van der Waals surface area (Å²) in [5, 5.41) is 14.3. The molecule has 0 atom stereocenters. The van der Waals surface area contributed by atoms with Crippen LogP contribution in [0.2, 0.25) is 5.02 Å². The van der Waals surface area contributed by atoms with E-state index in [9.17, 15) is 14.5 Å². The van der Waals surface area contributed by atoms with Crippen molar-refractivity contribution in [2.75, 3.05) is 5.32 Å². The Kier molecular flexibility index (Phi) is 3.97. The Labute approximate surface area is 114 Å².